The Morgan fingerprint density at radius 2 is 2.14 bits per heavy atom. The fraction of sp³-hybridized carbons (Fsp3) is 0.455. The Bertz CT molecular complexity index is 297. The Balaban J connectivity index is 3.02. The van der Waals surface area contributed by atoms with Crippen molar-refractivity contribution in [2.24, 2.45) is 5.73 Å². The summed E-state index contributed by atoms with van der Waals surface area (Å²) in [6.07, 6.45) is 2.08. The fourth-order valence-electron chi connectivity index (χ4n) is 1.41. The molecule has 1 aromatic rings. The van der Waals surface area contributed by atoms with Crippen molar-refractivity contribution < 1.29 is 0 Å². The van der Waals surface area contributed by atoms with Gasteiger partial charge in [0.05, 0.1) is 0 Å². The minimum Gasteiger partial charge on any atom is -0.383 e. The molecule has 0 amide bonds. The summed E-state index contributed by atoms with van der Waals surface area (Å²) < 4.78 is 0. The molecule has 0 saturated heterocycles. The third-order valence-electron chi connectivity index (χ3n) is 2.00. The summed E-state index contributed by atoms with van der Waals surface area (Å²) in [6, 6.07) is 6.70. The highest BCUT2D eigenvalue weighted by Crippen LogP contribution is 2.26. The first-order valence-electron chi connectivity index (χ1n) is 4.81. The van der Waals surface area contributed by atoms with Gasteiger partial charge in [0.2, 0.25) is 0 Å². The van der Waals surface area contributed by atoms with Crippen molar-refractivity contribution in [2.45, 2.75) is 31.3 Å². The largest absolute Gasteiger partial charge is 0.383 e. The van der Waals surface area contributed by atoms with Crippen molar-refractivity contribution in [3.05, 3.63) is 23.8 Å². The van der Waals surface area contributed by atoms with E-state index in [4.69, 9.17) is 5.73 Å². The van der Waals surface area contributed by atoms with Gasteiger partial charge in [0, 0.05) is 28.7 Å². The maximum atomic E-state index is 5.75. The lowest BCUT2D eigenvalue weighted by molar-refractivity contribution is 0.888. The van der Waals surface area contributed by atoms with Gasteiger partial charge < -0.3 is 11.1 Å². The Morgan fingerprint density at radius 1 is 1.43 bits per heavy atom. The van der Waals surface area contributed by atoms with Gasteiger partial charge in [-0.25, -0.2) is 0 Å². The highest BCUT2D eigenvalue weighted by Gasteiger charge is 2.06. The van der Waals surface area contributed by atoms with Gasteiger partial charge in [-0.05, 0) is 32.2 Å². The molecule has 0 bridgehead atoms. The second-order valence-electron chi connectivity index (χ2n) is 3.49. The molecule has 0 aliphatic rings. The van der Waals surface area contributed by atoms with Gasteiger partial charge in [0.1, 0.15) is 0 Å². The smallest absolute Gasteiger partial charge is 0.0398 e. The van der Waals surface area contributed by atoms with Crippen LogP contribution in [0.15, 0.2) is 23.1 Å². The number of thioether (sulfide) groups is 1. The zero-order chi connectivity index (χ0) is 10.6. The van der Waals surface area contributed by atoms with E-state index >= 15 is 0 Å². The standard InChI is InChI=1S/C11H18N2S/c1-8(2)13-10-5-4-6-11(14-3)9(10)7-12/h4-6,8,13H,7,12H2,1-3H3. The first-order chi connectivity index (χ1) is 6.69. The molecule has 0 aliphatic heterocycles. The minimum absolute atomic E-state index is 0.442. The quantitative estimate of drug-likeness (QED) is 0.750. The van der Waals surface area contributed by atoms with Gasteiger partial charge in [0.15, 0.2) is 0 Å². The van der Waals surface area contributed by atoms with Crippen LogP contribution in [0.2, 0.25) is 0 Å². The van der Waals surface area contributed by atoms with Gasteiger partial charge in [-0.15, -0.1) is 11.8 Å². The molecule has 1 aromatic carbocycles. The predicted molar refractivity (Wildman–Crippen MR) is 64.9 cm³/mol. The van der Waals surface area contributed by atoms with E-state index in [9.17, 15) is 0 Å². The molecule has 0 radical (unpaired) electrons. The van der Waals surface area contributed by atoms with Crippen LogP contribution in [0.3, 0.4) is 0 Å². The van der Waals surface area contributed by atoms with Crippen molar-refractivity contribution in [3.8, 4) is 0 Å². The number of hydrogen-bond acceptors (Lipinski definition) is 3. The summed E-state index contributed by atoms with van der Waals surface area (Å²) in [5, 5.41) is 3.41. The molecular formula is C11H18N2S. The van der Waals surface area contributed by atoms with E-state index in [1.165, 1.54) is 10.5 Å². The number of benzene rings is 1. The minimum atomic E-state index is 0.442. The molecule has 0 aliphatic carbocycles. The zero-order valence-corrected chi connectivity index (χ0v) is 9.82. The van der Waals surface area contributed by atoms with Crippen LogP contribution >= 0.6 is 11.8 Å². The Morgan fingerprint density at radius 3 is 2.64 bits per heavy atom. The molecule has 0 atom stereocenters. The van der Waals surface area contributed by atoms with Crippen molar-refractivity contribution in [3.63, 3.8) is 0 Å². The Kier molecular flexibility index (Phi) is 4.29. The lowest BCUT2D eigenvalue weighted by Crippen LogP contribution is -2.13. The van der Waals surface area contributed by atoms with Gasteiger partial charge in [0.25, 0.3) is 0 Å². The van der Waals surface area contributed by atoms with E-state index in [-0.39, 0.29) is 0 Å². The summed E-state index contributed by atoms with van der Waals surface area (Å²) in [5.74, 6) is 0. The van der Waals surface area contributed by atoms with Crippen LogP contribution in [0, 0.1) is 0 Å². The van der Waals surface area contributed by atoms with Crippen molar-refractivity contribution in [1.29, 1.82) is 0 Å². The van der Waals surface area contributed by atoms with Crippen LogP contribution in [0.1, 0.15) is 19.4 Å². The molecule has 0 heterocycles. The maximum Gasteiger partial charge on any atom is 0.0398 e. The average molecular weight is 210 g/mol. The third-order valence-corrected chi connectivity index (χ3v) is 2.82. The third kappa shape index (κ3) is 2.66. The van der Waals surface area contributed by atoms with Gasteiger partial charge in [-0.1, -0.05) is 6.07 Å². The molecule has 0 spiro atoms. The van der Waals surface area contributed by atoms with Crippen LogP contribution in [-0.4, -0.2) is 12.3 Å². The van der Waals surface area contributed by atoms with E-state index in [1.807, 2.05) is 0 Å². The van der Waals surface area contributed by atoms with Crippen LogP contribution in [0.4, 0.5) is 5.69 Å². The fourth-order valence-corrected chi connectivity index (χ4v) is 2.07. The summed E-state index contributed by atoms with van der Waals surface area (Å²) in [7, 11) is 0. The van der Waals surface area contributed by atoms with Crippen molar-refractivity contribution >= 4 is 17.4 Å². The number of rotatable bonds is 4. The monoisotopic (exact) mass is 210 g/mol. The highest BCUT2D eigenvalue weighted by atomic mass is 32.2. The zero-order valence-electron chi connectivity index (χ0n) is 9.00. The normalized spacial score (nSPS) is 10.6. The van der Waals surface area contributed by atoms with E-state index in [1.54, 1.807) is 11.8 Å². The van der Waals surface area contributed by atoms with Crippen LogP contribution in [0.5, 0.6) is 0 Å². The summed E-state index contributed by atoms with van der Waals surface area (Å²) >= 11 is 1.74. The van der Waals surface area contributed by atoms with E-state index < -0.39 is 0 Å². The summed E-state index contributed by atoms with van der Waals surface area (Å²) in [5.41, 5.74) is 8.13. The van der Waals surface area contributed by atoms with Crippen LogP contribution < -0.4 is 11.1 Å². The summed E-state index contributed by atoms with van der Waals surface area (Å²) in [4.78, 5) is 1.26. The molecule has 2 nitrogen and oxygen atoms in total. The Hall–Kier alpha value is -0.670. The second-order valence-corrected chi connectivity index (χ2v) is 4.34. The first-order valence-corrected chi connectivity index (χ1v) is 6.04. The topological polar surface area (TPSA) is 38.0 Å². The molecule has 0 unspecified atom stereocenters. The van der Waals surface area contributed by atoms with E-state index in [0.717, 1.165) is 5.69 Å². The van der Waals surface area contributed by atoms with Gasteiger partial charge >= 0.3 is 0 Å². The van der Waals surface area contributed by atoms with Crippen LogP contribution in [0.25, 0.3) is 0 Å². The van der Waals surface area contributed by atoms with Crippen LogP contribution in [-0.2, 0) is 6.54 Å². The number of anilines is 1. The molecule has 1 rings (SSSR count). The lowest BCUT2D eigenvalue weighted by Gasteiger charge is -2.16. The number of hydrogen-bond donors (Lipinski definition) is 2. The molecule has 0 saturated carbocycles. The average Bonchev–Trinajstić information content (AvgIpc) is 2.16. The number of nitrogens with one attached hydrogen (secondary N) is 1. The Labute approximate surface area is 90.3 Å². The summed E-state index contributed by atoms with van der Waals surface area (Å²) in [6.45, 7) is 4.85. The molecule has 14 heavy (non-hydrogen) atoms. The van der Waals surface area contributed by atoms with Gasteiger partial charge in [-0.2, -0.15) is 0 Å². The van der Waals surface area contributed by atoms with Gasteiger partial charge in [-0.3, -0.25) is 0 Å². The predicted octanol–water partition coefficient (Wildman–Crippen LogP) is 2.69. The lowest BCUT2D eigenvalue weighted by atomic mass is 10.1. The first kappa shape index (κ1) is 11.4. The second kappa shape index (κ2) is 5.27. The molecule has 3 N–H and O–H groups in total. The molecule has 0 fully saturated rings. The highest BCUT2D eigenvalue weighted by molar-refractivity contribution is 7.98. The molecule has 78 valence electrons. The molecular weight excluding hydrogens is 192 g/mol. The molecule has 3 heteroatoms. The SMILES string of the molecule is CSc1cccc(NC(C)C)c1CN. The maximum absolute atomic E-state index is 5.75. The van der Waals surface area contributed by atoms with E-state index in [0.29, 0.717) is 12.6 Å². The number of nitrogens with two attached hydrogens (primary N) is 1. The van der Waals surface area contributed by atoms with E-state index in [2.05, 4.69) is 43.6 Å². The van der Waals surface area contributed by atoms with Crippen molar-refractivity contribution in [1.82, 2.24) is 0 Å². The molecule has 0 aromatic heterocycles. The van der Waals surface area contributed by atoms with Crippen molar-refractivity contribution in [2.75, 3.05) is 11.6 Å².